The highest BCUT2D eigenvalue weighted by Crippen LogP contribution is 2.30. The van der Waals surface area contributed by atoms with Crippen LogP contribution in [0.1, 0.15) is 25.5 Å². The smallest absolute Gasteiger partial charge is 0.170 e. The molecule has 0 unspecified atom stereocenters. The molecule has 3 N–H and O–H groups in total. The molecular formula is C13H15BrN4O2. The van der Waals surface area contributed by atoms with Gasteiger partial charge in [0, 0.05) is 11.6 Å². The van der Waals surface area contributed by atoms with Crippen LogP contribution in [0.2, 0.25) is 0 Å². The molecule has 20 heavy (non-hydrogen) atoms. The standard InChI is InChI=1S/C13H15BrN4O2/c1-8(2)18-7-10(6-16-18)20-12-4-3-9(5-11(12)14)13(15)17-19/h3-8,19H,1-2H3,(H2,15,17). The summed E-state index contributed by atoms with van der Waals surface area (Å²) in [6.45, 7) is 4.08. The summed E-state index contributed by atoms with van der Waals surface area (Å²) in [7, 11) is 0. The van der Waals surface area contributed by atoms with Gasteiger partial charge in [0.15, 0.2) is 11.6 Å². The van der Waals surface area contributed by atoms with Gasteiger partial charge in [-0.25, -0.2) is 0 Å². The Balaban J connectivity index is 2.21. The zero-order valence-electron chi connectivity index (χ0n) is 11.1. The number of nitrogens with zero attached hydrogens (tertiary/aromatic N) is 3. The second-order valence-electron chi connectivity index (χ2n) is 4.48. The molecule has 1 aromatic heterocycles. The zero-order valence-corrected chi connectivity index (χ0v) is 12.7. The molecule has 2 rings (SSSR count). The van der Waals surface area contributed by atoms with Crippen molar-refractivity contribution in [3.05, 3.63) is 40.6 Å². The predicted molar refractivity (Wildman–Crippen MR) is 79.3 cm³/mol. The van der Waals surface area contributed by atoms with E-state index in [0.29, 0.717) is 21.5 Å². The third-order valence-corrected chi connectivity index (χ3v) is 3.29. The SMILES string of the molecule is CC(C)n1cc(Oc2ccc(/C(N)=N/O)cc2Br)cn1. The number of hydrogen-bond acceptors (Lipinski definition) is 4. The van der Waals surface area contributed by atoms with E-state index in [1.807, 2.05) is 24.7 Å². The van der Waals surface area contributed by atoms with Crippen molar-refractivity contribution in [2.24, 2.45) is 10.9 Å². The lowest BCUT2D eigenvalue weighted by Gasteiger charge is -2.07. The molecule has 0 fully saturated rings. The van der Waals surface area contributed by atoms with E-state index in [2.05, 4.69) is 26.2 Å². The molecule has 0 amide bonds. The van der Waals surface area contributed by atoms with Gasteiger partial charge in [-0.05, 0) is 48.0 Å². The van der Waals surface area contributed by atoms with Crippen LogP contribution in [0.5, 0.6) is 11.5 Å². The van der Waals surface area contributed by atoms with Crippen molar-refractivity contribution < 1.29 is 9.94 Å². The highest BCUT2D eigenvalue weighted by Gasteiger charge is 2.09. The van der Waals surface area contributed by atoms with Crippen molar-refractivity contribution in [2.75, 3.05) is 0 Å². The Morgan fingerprint density at radius 2 is 2.25 bits per heavy atom. The third-order valence-electron chi connectivity index (χ3n) is 2.67. The average molecular weight is 339 g/mol. The predicted octanol–water partition coefficient (Wildman–Crippen LogP) is 3.11. The number of halogens is 1. The minimum absolute atomic E-state index is 0.0462. The molecule has 0 bridgehead atoms. The molecule has 0 spiro atoms. The molecule has 7 heteroatoms. The Hall–Kier alpha value is -2.02. The summed E-state index contributed by atoms with van der Waals surface area (Å²) in [5, 5.41) is 15.8. The van der Waals surface area contributed by atoms with Gasteiger partial charge < -0.3 is 15.7 Å². The molecule has 2 aromatic rings. The summed E-state index contributed by atoms with van der Waals surface area (Å²) < 4.78 is 8.26. The average Bonchev–Trinajstić information content (AvgIpc) is 2.89. The molecule has 0 aliphatic carbocycles. The molecule has 0 atom stereocenters. The quantitative estimate of drug-likeness (QED) is 0.388. The third kappa shape index (κ3) is 3.11. The first-order chi connectivity index (χ1) is 9.51. The molecule has 106 valence electrons. The number of amidine groups is 1. The van der Waals surface area contributed by atoms with Crippen LogP contribution in [-0.4, -0.2) is 20.8 Å². The van der Waals surface area contributed by atoms with Crippen molar-refractivity contribution in [3.8, 4) is 11.5 Å². The number of nitrogens with two attached hydrogens (primary N) is 1. The Labute approximate surface area is 125 Å². The lowest BCUT2D eigenvalue weighted by atomic mass is 10.2. The summed E-state index contributed by atoms with van der Waals surface area (Å²) >= 11 is 3.39. The summed E-state index contributed by atoms with van der Waals surface area (Å²) in [6, 6.07) is 5.45. The highest BCUT2D eigenvalue weighted by atomic mass is 79.9. The van der Waals surface area contributed by atoms with Crippen LogP contribution in [0, 0.1) is 0 Å². The second kappa shape index (κ2) is 5.96. The van der Waals surface area contributed by atoms with Crippen LogP contribution < -0.4 is 10.5 Å². The van der Waals surface area contributed by atoms with Gasteiger partial charge in [0.05, 0.1) is 16.9 Å². The van der Waals surface area contributed by atoms with E-state index in [-0.39, 0.29) is 11.9 Å². The topological polar surface area (TPSA) is 85.7 Å². The molecule has 0 aliphatic rings. The maximum absolute atomic E-state index is 8.64. The van der Waals surface area contributed by atoms with Crippen molar-refractivity contribution >= 4 is 21.8 Å². The first-order valence-electron chi connectivity index (χ1n) is 6.00. The minimum Gasteiger partial charge on any atom is -0.453 e. The second-order valence-corrected chi connectivity index (χ2v) is 5.34. The number of benzene rings is 1. The molecule has 1 heterocycles. The fourth-order valence-corrected chi connectivity index (χ4v) is 2.04. The monoisotopic (exact) mass is 338 g/mol. The van der Waals surface area contributed by atoms with Gasteiger partial charge in [0.1, 0.15) is 5.75 Å². The number of hydrogen-bond donors (Lipinski definition) is 2. The van der Waals surface area contributed by atoms with Crippen LogP contribution in [0.25, 0.3) is 0 Å². The Kier molecular flexibility index (Phi) is 4.29. The molecule has 1 aromatic carbocycles. The van der Waals surface area contributed by atoms with E-state index in [4.69, 9.17) is 15.7 Å². The van der Waals surface area contributed by atoms with Crippen molar-refractivity contribution in [3.63, 3.8) is 0 Å². The molecule has 0 saturated carbocycles. The highest BCUT2D eigenvalue weighted by molar-refractivity contribution is 9.10. The van der Waals surface area contributed by atoms with Crippen molar-refractivity contribution in [2.45, 2.75) is 19.9 Å². The first kappa shape index (κ1) is 14.4. The van der Waals surface area contributed by atoms with Crippen LogP contribution in [0.3, 0.4) is 0 Å². The molecule has 0 radical (unpaired) electrons. The number of rotatable bonds is 4. The normalized spacial score (nSPS) is 11.9. The summed E-state index contributed by atoms with van der Waals surface area (Å²) in [5.41, 5.74) is 6.13. The fraction of sp³-hybridized carbons (Fsp3) is 0.231. The van der Waals surface area contributed by atoms with E-state index in [9.17, 15) is 0 Å². The van der Waals surface area contributed by atoms with Crippen molar-refractivity contribution in [1.82, 2.24) is 9.78 Å². The maximum atomic E-state index is 8.64. The summed E-state index contributed by atoms with van der Waals surface area (Å²) in [5.74, 6) is 1.32. The number of ether oxygens (including phenoxy) is 1. The molecule has 0 aliphatic heterocycles. The van der Waals surface area contributed by atoms with Gasteiger partial charge in [-0.15, -0.1) is 0 Å². The van der Waals surface area contributed by atoms with Gasteiger partial charge in [-0.2, -0.15) is 5.10 Å². The summed E-state index contributed by atoms with van der Waals surface area (Å²) in [6.07, 6.45) is 3.48. The maximum Gasteiger partial charge on any atom is 0.170 e. The Bertz CT molecular complexity index is 637. The van der Waals surface area contributed by atoms with E-state index in [1.54, 1.807) is 24.4 Å². The molecule has 0 saturated heterocycles. The molecular weight excluding hydrogens is 324 g/mol. The van der Waals surface area contributed by atoms with Gasteiger partial charge in [0.2, 0.25) is 0 Å². The van der Waals surface area contributed by atoms with Gasteiger partial charge in [-0.3, -0.25) is 4.68 Å². The lowest BCUT2D eigenvalue weighted by molar-refractivity contribution is 0.318. The van der Waals surface area contributed by atoms with Crippen LogP contribution in [0.4, 0.5) is 0 Å². The van der Waals surface area contributed by atoms with E-state index < -0.39 is 0 Å². The van der Waals surface area contributed by atoms with Crippen LogP contribution in [0.15, 0.2) is 40.2 Å². The Morgan fingerprint density at radius 1 is 1.50 bits per heavy atom. The first-order valence-corrected chi connectivity index (χ1v) is 6.80. The van der Waals surface area contributed by atoms with Gasteiger partial charge >= 0.3 is 0 Å². The minimum atomic E-state index is 0.0462. The molecule has 6 nitrogen and oxygen atoms in total. The lowest BCUT2D eigenvalue weighted by Crippen LogP contribution is -2.12. The van der Waals surface area contributed by atoms with Crippen LogP contribution >= 0.6 is 15.9 Å². The van der Waals surface area contributed by atoms with E-state index in [0.717, 1.165) is 0 Å². The number of oxime groups is 1. The summed E-state index contributed by atoms with van der Waals surface area (Å²) in [4.78, 5) is 0. The van der Waals surface area contributed by atoms with Gasteiger partial charge in [0.25, 0.3) is 0 Å². The zero-order chi connectivity index (χ0) is 14.7. The number of aromatic nitrogens is 2. The van der Waals surface area contributed by atoms with E-state index >= 15 is 0 Å². The van der Waals surface area contributed by atoms with Crippen molar-refractivity contribution in [1.29, 1.82) is 0 Å². The largest absolute Gasteiger partial charge is 0.453 e. The van der Waals surface area contributed by atoms with E-state index in [1.165, 1.54) is 0 Å². The fourth-order valence-electron chi connectivity index (χ4n) is 1.58. The Morgan fingerprint density at radius 3 is 2.80 bits per heavy atom. The van der Waals surface area contributed by atoms with Crippen LogP contribution in [-0.2, 0) is 0 Å². The van der Waals surface area contributed by atoms with Gasteiger partial charge in [-0.1, -0.05) is 5.16 Å².